The summed E-state index contributed by atoms with van der Waals surface area (Å²) < 4.78 is 5.81. The van der Waals surface area contributed by atoms with E-state index in [1.54, 1.807) is 6.20 Å². The molecule has 0 bridgehead atoms. The molecule has 21 heavy (non-hydrogen) atoms. The largest absolute Gasteiger partial charge is 0.493 e. The number of aromatic nitrogens is 1. The van der Waals surface area contributed by atoms with Crippen molar-refractivity contribution < 1.29 is 9.84 Å². The van der Waals surface area contributed by atoms with Crippen LogP contribution in [0.25, 0.3) is 0 Å². The van der Waals surface area contributed by atoms with Crippen LogP contribution < -0.4 is 4.74 Å². The molecule has 0 amide bonds. The third kappa shape index (κ3) is 4.94. The Morgan fingerprint density at radius 2 is 2.19 bits per heavy atom. The van der Waals surface area contributed by atoms with Gasteiger partial charge in [-0.15, -0.1) is 0 Å². The van der Waals surface area contributed by atoms with E-state index in [0.29, 0.717) is 13.0 Å². The highest BCUT2D eigenvalue weighted by Crippen LogP contribution is 2.19. The molecule has 3 nitrogen and oxygen atoms in total. The molecule has 0 radical (unpaired) electrons. The average molecular weight is 281 g/mol. The van der Waals surface area contributed by atoms with Crippen LogP contribution in [0.15, 0.2) is 42.7 Å². The van der Waals surface area contributed by atoms with Crippen LogP contribution in [0.2, 0.25) is 0 Å². The van der Waals surface area contributed by atoms with E-state index in [1.165, 1.54) is 5.56 Å². The van der Waals surface area contributed by atoms with Gasteiger partial charge in [0.15, 0.2) is 0 Å². The number of benzene rings is 1. The minimum Gasteiger partial charge on any atom is -0.493 e. The summed E-state index contributed by atoms with van der Waals surface area (Å²) in [7, 11) is 0. The van der Waals surface area contributed by atoms with Crippen LogP contribution >= 0.6 is 0 Å². The van der Waals surface area contributed by atoms with Gasteiger partial charge < -0.3 is 9.84 Å². The number of aliphatic hydroxyl groups is 1. The standard InChI is InChI=1S/C18H19NO2/c1-15-13-16(5-2-3-11-20)7-8-18(15)21-12-9-17-6-4-10-19-14-17/h4,6-8,10,13-14,20H,3,9,11-12H2,1H3. The van der Waals surface area contributed by atoms with Gasteiger partial charge in [0.25, 0.3) is 0 Å². The van der Waals surface area contributed by atoms with Crippen LogP contribution in [0, 0.1) is 18.8 Å². The summed E-state index contributed by atoms with van der Waals surface area (Å²) in [5, 5.41) is 8.71. The quantitative estimate of drug-likeness (QED) is 0.857. The normalized spacial score (nSPS) is 9.81. The first-order valence-electron chi connectivity index (χ1n) is 7.01. The fourth-order valence-corrected chi connectivity index (χ4v) is 1.93. The second kappa shape index (κ2) is 8.08. The summed E-state index contributed by atoms with van der Waals surface area (Å²) in [5.74, 6) is 6.82. The van der Waals surface area contributed by atoms with Gasteiger partial charge in [-0.05, 0) is 42.3 Å². The molecule has 1 N–H and O–H groups in total. The van der Waals surface area contributed by atoms with Crippen molar-refractivity contribution in [2.75, 3.05) is 13.2 Å². The SMILES string of the molecule is Cc1cc(C#CCCO)ccc1OCCc1cccnc1. The van der Waals surface area contributed by atoms with Crippen molar-refractivity contribution in [3.63, 3.8) is 0 Å². The van der Waals surface area contributed by atoms with E-state index in [-0.39, 0.29) is 6.61 Å². The van der Waals surface area contributed by atoms with Crippen LogP contribution in [0.4, 0.5) is 0 Å². The van der Waals surface area contributed by atoms with Crippen molar-refractivity contribution in [1.29, 1.82) is 0 Å². The molecular weight excluding hydrogens is 262 g/mol. The smallest absolute Gasteiger partial charge is 0.122 e. The Hall–Kier alpha value is -2.31. The van der Waals surface area contributed by atoms with Gasteiger partial charge in [0.05, 0.1) is 13.2 Å². The lowest BCUT2D eigenvalue weighted by atomic mass is 10.1. The van der Waals surface area contributed by atoms with Crippen molar-refractivity contribution in [3.8, 4) is 17.6 Å². The van der Waals surface area contributed by atoms with E-state index in [2.05, 4.69) is 16.8 Å². The Morgan fingerprint density at radius 3 is 2.90 bits per heavy atom. The maximum absolute atomic E-state index is 8.71. The Balaban J connectivity index is 1.91. The minimum absolute atomic E-state index is 0.0987. The van der Waals surface area contributed by atoms with Gasteiger partial charge in [0, 0.05) is 30.8 Å². The van der Waals surface area contributed by atoms with Gasteiger partial charge in [0.1, 0.15) is 5.75 Å². The third-order valence-electron chi connectivity index (χ3n) is 3.02. The zero-order chi connectivity index (χ0) is 14.9. The summed E-state index contributed by atoms with van der Waals surface area (Å²) in [6, 6.07) is 9.87. The average Bonchev–Trinajstić information content (AvgIpc) is 2.51. The van der Waals surface area contributed by atoms with Crippen LogP contribution in [-0.4, -0.2) is 23.3 Å². The highest BCUT2D eigenvalue weighted by molar-refractivity contribution is 5.43. The molecule has 1 heterocycles. The highest BCUT2D eigenvalue weighted by Gasteiger charge is 2.01. The Bertz CT molecular complexity index is 627. The minimum atomic E-state index is 0.0987. The molecule has 3 heteroatoms. The lowest BCUT2D eigenvalue weighted by molar-refractivity contribution is 0.305. The number of hydrogen-bond acceptors (Lipinski definition) is 3. The number of pyridine rings is 1. The second-order valence-corrected chi connectivity index (χ2v) is 4.72. The van der Waals surface area contributed by atoms with Crippen molar-refractivity contribution in [1.82, 2.24) is 4.98 Å². The number of nitrogens with zero attached hydrogens (tertiary/aromatic N) is 1. The molecule has 0 aliphatic rings. The highest BCUT2D eigenvalue weighted by atomic mass is 16.5. The van der Waals surface area contributed by atoms with Crippen LogP contribution in [0.1, 0.15) is 23.1 Å². The molecule has 0 saturated heterocycles. The molecule has 1 aromatic heterocycles. The molecule has 0 atom stereocenters. The lowest BCUT2D eigenvalue weighted by Crippen LogP contribution is -2.02. The molecule has 108 valence electrons. The first-order valence-corrected chi connectivity index (χ1v) is 7.01. The maximum Gasteiger partial charge on any atom is 0.122 e. The third-order valence-corrected chi connectivity index (χ3v) is 3.02. The van der Waals surface area contributed by atoms with Crippen molar-refractivity contribution in [3.05, 3.63) is 59.4 Å². The maximum atomic E-state index is 8.71. The summed E-state index contributed by atoms with van der Waals surface area (Å²) in [6.45, 7) is 2.74. The number of ether oxygens (including phenoxy) is 1. The number of aryl methyl sites for hydroxylation is 1. The van der Waals surface area contributed by atoms with E-state index in [1.807, 2.05) is 43.5 Å². The fourth-order valence-electron chi connectivity index (χ4n) is 1.93. The number of aliphatic hydroxyl groups excluding tert-OH is 1. The monoisotopic (exact) mass is 281 g/mol. The van der Waals surface area contributed by atoms with Gasteiger partial charge in [-0.2, -0.15) is 0 Å². The van der Waals surface area contributed by atoms with Gasteiger partial charge in [-0.1, -0.05) is 17.9 Å². The zero-order valence-electron chi connectivity index (χ0n) is 12.2. The van der Waals surface area contributed by atoms with E-state index in [0.717, 1.165) is 23.3 Å². The van der Waals surface area contributed by atoms with Crippen LogP contribution in [-0.2, 0) is 6.42 Å². The van der Waals surface area contributed by atoms with Crippen molar-refractivity contribution in [2.24, 2.45) is 0 Å². The van der Waals surface area contributed by atoms with Gasteiger partial charge in [-0.25, -0.2) is 0 Å². The molecule has 2 rings (SSSR count). The van der Waals surface area contributed by atoms with E-state index in [9.17, 15) is 0 Å². The van der Waals surface area contributed by atoms with Crippen molar-refractivity contribution in [2.45, 2.75) is 19.8 Å². The molecular formula is C18H19NO2. The van der Waals surface area contributed by atoms with E-state index >= 15 is 0 Å². The van der Waals surface area contributed by atoms with E-state index in [4.69, 9.17) is 9.84 Å². The number of rotatable bonds is 5. The molecule has 2 aromatic rings. The summed E-state index contributed by atoms with van der Waals surface area (Å²) in [4.78, 5) is 4.09. The van der Waals surface area contributed by atoms with Gasteiger partial charge in [0.2, 0.25) is 0 Å². The summed E-state index contributed by atoms with van der Waals surface area (Å²) >= 11 is 0. The van der Waals surface area contributed by atoms with Crippen LogP contribution in [0.3, 0.4) is 0 Å². The molecule has 0 aliphatic carbocycles. The Kier molecular flexibility index (Phi) is 5.81. The molecule has 1 aromatic carbocycles. The molecule has 0 aliphatic heterocycles. The van der Waals surface area contributed by atoms with Crippen molar-refractivity contribution >= 4 is 0 Å². The molecule has 0 spiro atoms. The molecule has 0 saturated carbocycles. The Morgan fingerprint density at radius 1 is 1.29 bits per heavy atom. The van der Waals surface area contributed by atoms with E-state index < -0.39 is 0 Å². The first kappa shape index (κ1) is 15.1. The summed E-state index contributed by atoms with van der Waals surface area (Å²) in [5.41, 5.74) is 3.18. The predicted octanol–water partition coefficient (Wildman–Crippen LogP) is 2.75. The lowest BCUT2D eigenvalue weighted by Gasteiger charge is -2.09. The second-order valence-electron chi connectivity index (χ2n) is 4.72. The Labute approximate surface area is 125 Å². The first-order chi connectivity index (χ1) is 10.3. The molecule has 0 unspecified atom stereocenters. The van der Waals surface area contributed by atoms with Gasteiger partial charge in [-0.3, -0.25) is 4.98 Å². The fraction of sp³-hybridized carbons (Fsp3) is 0.278. The van der Waals surface area contributed by atoms with Gasteiger partial charge >= 0.3 is 0 Å². The predicted molar refractivity (Wildman–Crippen MR) is 83.2 cm³/mol. The molecule has 0 fully saturated rings. The van der Waals surface area contributed by atoms with Crippen LogP contribution in [0.5, 0.6) is 5.75 Å². The summed E-state index contributed by atoms with van der Waals surface area (Å²) in [6.07, 6.45) is 4.97. The topological polar surface area (TPSA) is 42.4 Å². The zero-order valence-corrected chi connectivity index (χ0v) is 12.2. The number of hydrogen-bond donors (Lipinski definition) is 1.